The highest BCUT2D eigenvalue weighted by Gasteiger charge is 2.33. The van der Waals surface area contributed by atoms with E-state index in [1.54, 1.807) is 41.3 Å². The first-order valence-electron chi connectivity index (χ1n) is 10.5. The number of piperazine rings is 1. The molecular weight excluding hydrogens is 442 g/mol. The molecule has 0 aliphatic carbocycles. The van der Waals surface area contributed by atoms with Crippen LogP contribution in [-0.2, 0) is 10.0 Å². The van der Waals surface area contributed by atoms with Crippen molar-refractivity contribution >= 4 is 38.6 Å². The second-order valence-corrected chi connectivity index (χ2v) is 9.38. The minimum absolute atomic E-state index is 0.205. The molecule has 0 aromatic heterocycles. The number of hydrazine groups is 1. The van der Waals surface area contributed by atoms with Crippen LogP contribution in [-0.4, -0.2) is 62.2 Å². The molecule has 5 rings (SSSR count). The normalized spacial score (nSPS) is 16.8. The molecule has 0 atom stereocenters. The van der Waals surface area contributed by atoms with Gasteiger partial charge in [0.2, 0.25) is 0 Å². The van der Waals surface area contributed by atoms with Gasteiger partial charge >= 0.3 is 6.03 Å². The van der Waals surface area contributed by atoms with E-state index >= 15 is 0 Å². The lowest BCUT2D eigenvalue weighted by Crippen LogP contribution is -2.56. The van der Waals surface area contributed by atoms with Crippen molar-refractivity contribution in [2.75, 3.05) is 26.2 Å². The van der Waals surface area contributed by atoms with Crippen LogP contribution in [0.5, 0.6) is 0 Å². The number of hydrogen-bond donors (Lipinski definition) is 2. The molecule has 2 aliphatic heterocycles. The number of amides is 3. The van der Waals surface area contributed by atoms with Crippen LogP contribution in [0.25, 0.3) is 10.8 Å². The average molecular weight is 464 g/mol. The highest BCUT2D eigenvalue weighted by molar-refractivity contribution is 7.90. The van der Waals surface area contributed by atoms with Crippen LogP contribution in [0.2, 0.25) is 0 Å². The fraction of sp³-hybridized carbons (Fsp3) is 0.174. The van der Waals surface area contributed by atoms with E-state index in [9.17, 15) is 18.0 Å². The lowest BCUT2D eigenvalue weighted by molar-refractivity contribution is 0.0926. The fourth-order valence-corrected chi connectivity index (χ4v) is 5.26. The van der Waals surface area contributed by atoms with E-state index in [0.29, 0.717) is 43.1 Å². The zero-order valence-corrected chi connectivity index (χ0v) is 18.4. The summed E-state index contributed by atoms with van der Waals surface area (Å²) in [6.45, 7) is 1.57. The maximum atomic E-state index is 12.5. The number of nitrogens with zero attached hydrogens (tertiary/aromatic N) is 3. The van der Waals surface area contributed by atoms with Gasteiger partial charge in [-0.25, -0.2) is 10.2 Å². The van der Waals surface area contributed by atoms with Gasteiger partial charge in [-0.1, -0.05) is 42.5 Å². The zero-order valence-electron chi connectivity index (χ0n) is 17.6. The molecule has 10 heteroatoms. The number of fused-ring (bicyclic) bond motifs is 2. The molecule has 0 saturated carbocycles. The molecule has 2 aliphatic rings. The molecule has 33 heavy (non-hydrogen) atoms. The van der Waals surface area contributed by atoms with E-state index in [1.165, 1.54) is 0 Å². The van der Waals surface area contributed by atoms with Gasteiger partial charge in [-0.3, -0.25) is 10.2 Å². The molecule has 2 heterocycles. The molecule has 9 nitrogen and oxygen atoms in total. The van der Waals surface area contributed by atoms with Gasteiger partial charge in [0.1, 0.15) is 4.90 Å². The predicted molar refractivity (Wildman–Crippen MR) is 123 cm³/mol. The standard InChI is InChI=1S/C23H21N5O4S/c29-22(18-10-9-16-5-1-2-6-17(16)15-18)24-25-23(30)28-13-11-27(12-14-28)21-19-7-3-4-8-20(19)33(31,32)26-21/h1-10,15H,11-14H2,(H,24,29)(H,25,30). The Hall–Kier alpha value is -3.92. The molecule has 1 fully saturated rings. The molecular formula is C23H21N5O4S. The highest BCUT2D eigenvalue weighted by Crippen LogP contribution is 2.27. The number of urea groups is 1. The first-order valence-corrected chi connectivity index (χ1v) is 11.9. The van der Waals surface area contributed by atoms with Gasteiger partial charge < -0.3 is 9.80 Å². The summed E-state index contributed by atoms with van der Waals surface area (Å²) in [4.78, 5) is 28.6. The first kappa shape index (κ1) is 21.0. The van der Waals surface area contributed by atoms with E-state index < -0.39 is 22.0 Å². The summed E-state index contributed by atoms with van der Waals surface area (Å²) in [5.74, 6) is 0.00475. The van der Waals surface area contributed by atoms with Crippen LogP contribution in [0.3, 0.4) is 0 Å². The molecule has 0 spiro atoms. The summed E-state index contributed by atoms with van der Waals surface area (Å²) in [5, 5.41) is 1.96. The van der Waals surface area contributed by atoms with Crippen LogP contribution < -0.4 is 10.9 Å². The van der Waals surface area contributed by atoms with E-state index in [1.807, 2.05) is 35.2 Å². The molecule has 3 amide bonds. The average Bonchev–Trinajstić information content (AvgIpc) is 3.13. The van der Waals surface area contributed by atoms with Crippen molar-refractivity contribution in [1.82, 2.24) is 20.7 Å². The topological polar surface area (TPSA) is 111 Å². The third kappa shape index (κ3) is 4.00. The first-order chi connectivity index (χ1) is 15.9. The van der Waals surface area contributed by atoms with Crippen molar-refractivity contribution in [3.8, 4) is 0 Å². The number of rotatable bonds is 1. The summed E-state index contributed by atoms with van der Waals surface area (Å²) >= 11 is 0. The van der Waals surface area contributed by atoms with Crippen LogP contribution in [0.1, 0.15) is 15.9 Å². The Kier molecular flexibility index (Phi) is 5.21. The summed E-state index contributed by atoms with van der Waals surface area (Å²) in [5.41, 5.74) is 5.93. The van der Waals surface area contributed by atoms with Gasteiger partial charge in [-0.15, -0.1) is 4.40 Å². The number of carbonyl (C=O) groups is 2. The lowest BCUT2D eigenvalue weighted by Gasteiger charge is -2.35. The third-order valence-electron chi connectivity index (χ3n) is 5.77. The van der Waals surface area contributed by atoms with Gasteiger partial charge in [-0.2, -0.15) is 8.42 Å². The third-order valence-corrected chi connectivity index (χ3v) is 7.10. The Balaban J connectivity index is 1.18. The maximum absolute atomic E-state index is 12.5. The molecule has 1 saturated heterocycles. The van der Waals surface area contributed by atoms with Crippen molar-refractivity contribution in [2.45, 2.75) is 4.90 Å². The molecule has 0 radical (unpaired) electrons. The Labute approximate surface area is 190 Å². The van der Waals surface area contributed by atoms with Gasteiger partial charge in [0.05, 0.1) is 0 Å². The monoisotopic (exact) mass is 463 g/mol. The number of nitrogens with one attached hydrogen (secondary N) is 2. The number of carbonyl (C=O) groups excluding carboxylic acids is 2. The van der Waals surface area contributed by atoms with Crippen LogP contribution >= 0.6 is 0 Å². The van der Waals surface area contributed by atoms with Crippen molar-refractivity contribution in [3.05, 3.63) is 77.9 Å². The van der Waals surface area contributed by atoms with E-state index in [-0.39, 0.29) is 4.90 Å². The minimum atomic E-state index is -3.69. The molecule has 0 bridgehead atoms. The largest absolute Gasteiger partial charge is 0.352 e. The SMILES string of the molecule is O=C(NNC(=O)N1CCN(C2=NS(=O)(=O)c3ccccc32)CC1)c1ccc2ccccc2c1. The quantitative estimate of drug-likeness (QED) is 0.536. The zero-order chi connectivity index (χ0) is 23.0. The smallest absolute Gasteiger partial charge is 0.336 e. The summed E-state index contributed by atoms with van der Waals surface area (Å²) in [6, 6.07) is 19.3. The van der Waals surface area contributed by atoms with Crippen molar-refractivity contribution < 1.29 is 18.0 Å². The molecule has 3 aromatic carbocycles. The summed E-state index contributed by atoms with van der Waals surface area (Å²) in [6.07, 6.45) is 0. The number of benzene rings is 3. The fourth-order valence-electron chi connectivity index (χ4n) is 4.03. The predicted octanol–water partition coefficient (Wildman–Crippen LogP) is 1.96. The van der Waals surface area contributed by atoms with E-state index in [0.717, 1.165) is 10.8 Å². The van der Waals surface area contributed by atoms with Crippen molar-refractivity contribution in [3.63, 3.8) is 0 Å². The van der Waals surface area contributed by atoms with Crippen molar-refractivity contribution in [1.29, 1.82) is 0 Å². The summed E-state index contributed by atoms with van der Waals surface area (Å²) in [7, 11) is -3.69. The molecule has 168 valence electrons. The van der Waals surface area contributed by atoms with Gasteiger partial charge in [-0.05, 0) is 35.0 Å². The number of hydrogen-bond acceptors (Lipinski definition) is 5. The Morgan fingerprint density at radius 1 is 0.818 bits per heavy atom. The van der Waals surface area contributed by atoms with Gasteiger partial charge in [0.15, 0.2) is 5.84 Å². The lowest BCUT2D eigenvalue weighted by atomic mass is 10.1. The highest BCUT2D eigenvalue weighted by atomic mass is 32.2. The van der Waals surface area contributed by atoms with Crippen LogP contribution in [0.4, 0.5) is 4.79 Å². The minimum Gasteiger partial charge on any atom is -0.352 e. The second-order valence-electron chi connectivity index (χ2n) is 7.81. The van der Waals surface area contributed by atoms with Crippen LogP contribution in [0.15, 0.2) is 76.0 Å². The van der Waals surface area contributed by atoms with Gasteiger partial charge in [0.25, 0.3) is 15.9 Å². The maximum Gasteiger partial charge on any atom is 0.336 e. The van der Waals surface area contributed by atoms with E-state index in [2.05, 4.69) is 15.2 Å². The van der Waals surface area contributed by atoms with Gasteiger partial charge in [0, 0.05) is 37.3 Å². The Morgan fingerprint density at radius 3 is 2.30 bits per heavy atom. The van der Waals surface area contributed by atoms with Crippen LogP contribution in [0, 0.1) is 0 Å². The second kappa shape index (κ2) is 8.21. The summed E-state index contributed by atoms with van der Waals surface area (Å²) < 4.78 is 28.5. The Morgan fingerprint density at radius 2 is 1.52 bits per heavy atom. The number of amidine groups is 1. The molecule has 0 unspecified atom stereocenters. The number of sulfonamides is 1. The van der Waals surface area contributed by atoms with Crippen molar-refractivity contribution in [2.24, 2.45) is 4.40 Å². The molecule has 3 aromatic rings. The van der Waals surface area contributed by atoms with E-state index in [4.69, 9.17) is 0 Å². The Bertz CT molecular complexity index is 1390. The molecule has 2 N–H and O–H groups in total.